The third-order valence-electron chi connectivity index (χ3n) is 15.1. The van der Waals surface area contributed by atoms with Crippen molar-refractivity contribution in [2.45, 2.75) is 26.2 Å². The number of hydrogen-bond donors (Lipinski definition) is 0. The Kier molecular flexibility index (Phi) is 8.34. The average Bonchev–Trinajstić information content (AvgIpc) is 3.84. The largest absolute Gasteiger partial charge is 0.311 e. The van der Waals surface area contributed by atoms with Crippen LogP contribution < -0.4 is 31.1 Å². The van der Waals surface area contributed by atoms with E-state index < -0.39 is 5.41 Å². The van der Waals surface area contributed by atoms with E-state index in [1.54, 1.807) is 0 Å². The molecule has 0 saturated heterocycles. The predicted octanol–water partition coefficient (Wildman–Crippen LogP) is 14.5. The lowest BCUT2D eigenvalue weighted by molar-refractivity contribution is 0.794. The van der Waals surface area contributed by atoms with Crippen molar-refractivity contribution in [2.75, 3.05) is 14.7 Å². The average molecular weight is 868 g/mol. The van der Waals surface area contributed by atoms with Crippen LogP contribution in [0.5, 0.6) is 0 Å². The Labute approximate surface area is 398 Å². The third kappa shape index (κ3) is 5.37. The molecule has 2 heterocycles. The van der Waals surface area contributed by atoms with E-state index >= 15 is 0 Å². The Hall–Kier alpha value is -8.34. The van der Waals surface area contributed by atoms with Crippen LogP contribution in [0.25, 0.3) is 22.3 Å². The molecule has 10 aromatic rings. The Bertz CT molecular complexity index is 3620. The molecule has 0 atom stereocenters. The highest BCUT2D eigenvalue weighted by Crippen LogP contribution is 2.63. The molecule has 0 saturated carbocycles. The normalized spacial score (nSPS) is 13.8. The first-order valence-electron chi connectivity index (χ1n) is 23.9. The summed E-state index contributed by atoms with van der Waals surface area (Å²) in [4.78, 5) is 7.48. The van der Waals surface area contributed by atoms with E-state index in [-0.39, 0.29) is 6.71 Å². The maximum atomic E-state index is 2.58. The fraction of sp³-hybridized carbons (Fsp3) is 0.0625. The Balaban J connectivity index is 0.994. The second-order valence-corrected chi connectivity index (χ2v) is 19.1. The molecule has 0 amide bonds. The van der Waals surface area contributed by atoms with Gasteiger partial charge in [0.1, 0.15) is 0 Å². The number of anilines is 9. The second-order valence-electron chi connectivity index (χ2n) is 19.1. The maximum Gasteiger partial charge on any atom is 0.252 e. The van der Waals surface area contributed by atoms with Crippen LogP contribution in [0, 0.1) is 20.8 Å². The zero-order chi connectivity index (χ0) is 45.3. The summed E-state index contributed by atoms with van der Waals surface area (Å²) >= 11 is 0. The summed E-state index contributed by atoms with van der Waals surface area (Å²) in [5.74, 6) is 0. The number of nitrogens with zero attached hydrogens (tertiary/aromatic N) is 3. The molecule has 1 spiro atoms. The minimum Gasteiger partial charge on any atom is -0.311 e. The first-order chi connectivity index (χ1) is 33.5. The zero-order valence-corrected chi connectivity index (χ0v) is 38.3. The van der Waals surface area contributed by atoms with Gasteiger partial charge in [-0.25, -0.2) is 0 Å². The van der Waals surface area contributed by atoms with Crippen LogP contribution in [0.15, 0.2) is 224 Å². The molecule has 0 fully saturated rings. The van der Waals surface area contributed by atoms with Crippen molar-refractivity contribution >= 4 is 74.3 Å². The van der Waals surface area contributed by atoms with Gasteiger partial charge in [-0.1, -0.05) is 146 Å². The minimum absolute atomic E-state index is 0.0394. The van der Waals surface area contributed by atoms with Crippen LogP contribution in [-0.4, -0.2) is 6.71 Å². The lowest BCUT2D eigenvalue weighted by atomic mass is 9.33. The van der Waals surface area contributed by atoms with Gasteiger partial charge in [0.05, 0.1) is 5.41 Å². The number of rotatable bonds is 5. The maximum absolute atomic E-state index is 2.58. The fourth-order valence-electron chi connectivity index (χ4n) is 12.5. The smallest absolute Gasteiger partial charge is 0.252 e. The van der Waals surface area contributed by atoms with Crippen LogP contribution in [0.1, 0.15) is 38.9 Å². The predicted molar refractivity (Wildman–Crippen MR) is 286 cm³/mol. The van der Waals surface area contributed by atoms with Gasteiger partial charge in [0.15, 0.2) is 0 Å². The Morgan fingerprint density at radius 2 is 0.779 bits per heavy atom. The standard InChI is InChI=1S/C64H46BN3/c1-41-29-33-57-59(35-41)67(47-22-16-21-46(39-47)66(44-17-6-4-7-18-44)45-19-8-5-9-20-45)61-37-43(3)38-62-63(61)65(57)58-34-30-42(2)36-60(58)68(62)48-31-32-56-52(40-48)51-25-12-15-28-55(51)64(56)53-26-13-10-23-49(53)50-24-11-14-27-54(50)64/h4-40H,1-3H3. The highest BCUT2D eigenvalue weighted by atomic mass is 15.2. The summed E-state index contributed by atoms with van der Waals surface area (Å²) in [5, 5.41) is 0. The van der Waals surface area contributed by atoms with Crippen molar-refractivity contribution in [2.24, 2.45) is 0 Å². The summed E-state index contributed by atoms with van der Waals surface area (Å²) in [6, 6.07) is 84.2. The van der Waals surface area contributed by atoms with E-state index in [0.29, 0.717) is 0 Å². The number of fused-ring (bicyclic) bond motifs is 14. The van der Waals surface area contributed by atoms with Gasteiger partial charge in [0.2, 0.25) is 0 Å². The summed E-state index contributed by atoms with van der Waals surface area (Å²) in [6.07, 6.45) is 0. The van der Waals surface area contributed by atoms with Crippen molar-refractivity contribution in [1.29, 1.82) is 0 Å². The Morgan fingerprint density at radius 3 is 1.32 bits per heavy atom. The number of para-hydroxylation sites is 2. The van der Waals surface area contributed by atoms with Crippen molar-refractivity contribution in [3.05, 3.63) is 263 Å². The fourth-order valence-corrected chi connectivity index (χ4v) is 12.5. The first-order valence-corrected chi connectivity index (χ1v) is 23.9. The van der Waals surface area contributed by atoms with Crippen LogP contribution >= 0.6 is 0 Å². The van der Waals surface area contributed by atoms with Gasteiger partial charge >= 0.3 is 0 Å². The molecule has 2 aliphatic heterocycles. The number of hydrogen-bond acceptors (Lipinski definition) is 3. The van der Waals surface area contributed by atoms with Gasteiger partial charge in [-0.15, -0.1) is 0 Å². The molecular formula is C64H46BN3. The quantitative estimate of drug-likeness (QED) is 0.160. The molecule has 3 nitrogen and oxygen atoms in total. The molecule has 4 aliphatic rings. The van der Waals surface area contributed by atoms with E-state index in [0.717, 1.165) is 28.4 Å². The van der Waals surface area contributed by atoms with Crippen molar-refractivity contribution in [3.63, 3.8) is 0 Å². The highest BCUT2D eigenvalue weighted by Gasteiger charge is 2.52. The SMILES string of the molecule is Cc1ccc2c(c1)N(c1cccc(N(c3ccccc3)c3ccccc3)c1)c1cc(C)cc3c1B2c1ccc(C)cc1N3c1ccc2c(c1)-c1ccccc1C21c2ccccc2-c2ccccc21. The molecule has 10 aromatic carbocycles. The third-order valence-corrected chi connectivity index (χ3v) is 15.1. The molecule has 0 aromatic heterocycles. The summed E-state index contributed by atoms with van der Waals surface area (Å²) in [6.45, 7) is 6.75. The van der Waals surface area contributed by atoms with E-state index in [4.69, 9.17) is 0 Å². The molecule has 0 N–H and O–H groups in total. The minimum atomic E-state index is -0.394. The van der Waals surface area contributed by atoms with Crippen molar-refractivity contribution in [3.8, 4) is 22.3 Å². The molecule has 2 aliphatic carbocycles. The molecule has 0 bridgehead atoms. The molecule has 0 unspecified atom stereocenters. The zero-order valence-electron chi connectivity index (χ0n) is 38.3. The molecular weight excluding hydrogens is 822 g/mol. The van der Waals surface area contributed by atoms with Crippen LogP contribution in [0.4, 0.5) is 51.2 Å². The number of benzene rings is 10. The lowest BCUT2D eigenvalue weighted by Gasteiger charge is -2.44. The lowest BCUT2D eigenvalue weighted by Crippen LogP contribution is -2.61. The van der Waals surface area contributed by atoms with Gasteiger partial charge < -0.3 is 14.7 Å². The monoisotopic (exact) mass is 867 g/mol. The summed E-state index contributed by atoms with van der Waals surface area (Å²) in [7, 11) is 0. The topological polar surface area (TPSA) is 9.72 Å². The molecule has 0 radical (unpaired) electrons. The molecule has 68 heavy (non-hydrogen) atoms. The Morgan fingerprint density at radius 1 is 0.338 bits per heavy atom. The van der Waals surface area contributed by atoms with E-state index in [2.05, 4.69) is 260 Å². The number of aryl methyl sites for hydroxylation is 3. The second kappa shape index (κ2) is 14.6. The molecule has 14 rings (SSSR count). The molecule has 320 valence electrons. The highest BCUT2D eigenvalue weighted by molar-refractivity contribution is 7.00. The van der Waals surface area contributed by atoms with Gasteiger partial charge in [0, 0.05) is 51.2 Å². The first kappa shape index (κ1) is 38.9. The van der Waals surface area contributed by atoms with Crippen molar-refractivity contribution in [1.82, 2.24) is 0 Å². The summed E-state index contributed by atoms with van der Waals surface area (Å²) < 4.78 is 0. The van der Waals surface area contributed by atoms with E-state index in [1.807, 2.05) is 0 Å². The van der Waals surface area contributed by atoms with E-state index in [9.17, 15) is 0 Å². The van der Waals surface area contributed by atoms with Gasteiger partial charge in [-0.2, -0.15) is 0 Å². The van der Waals surface area contributed by atoms with Crippen LogP contribution in [-0.2, 0) is 5.41 Å². The van der Waals surface area contributed by atoms with Gasteiger partial charge in [-0.3, -0.25) is 0 Å². The van der Waals surface area contributed by atoms with Crippen LogP contribution in [0.3, 0.4) is 0 Å². The van der Waals surface area contributed by atoms with E-state index in [1.165, 1.54) is 100 Å². The van der Waals surface area contributed by atoms with Gasteiger partial charge in [-0.05, 0) is 177 Å². The van der Waals surface area contributed by atoms with Crippen molar-refractivity contribution < 1.29 is 0 Å². The molecule has 4 heteroatoms. The van der Waals surface area contributed by atoms with Crippen LogP contribution in [0.2, 0.25) is 0 Å². The summed E-state index contributed by atoms with van der Waals surface area (Å²) in [5.41, 5.74) is 28.5. The van der Waals surface area contributed by atoms with Gasteiger partial charge in [0.25, 0.3) is 6.71 Å².